The normalized spacial score (nSPS) is 27.4. The molecule has 0 aromatic heterocycles. The zero-order chi connectivity index (χ0) is 18.8. The summed E-state index contributed by atoms with van der Waals surface area (Å²) in [5.41, 5.74) is -1.33. The molecule has 0 aromatic rings. The maximum Gasteiger partial charge on any atom is 0.311 e. The molecule has 2 rings (SSSR count). The molecular formula is C18H30N2O5. The van der Waals surface area contributed by atoms with Crippen molar-refractivity contribution in [1.29, 1.82) is 0 Å². The van der Waals surface area contributed by atoms with E-state index in [2.05, 4.69) is 0 Å². The van der Waals surface area contributed by atoms with E-state index in [0.29, 0.717) is 19.5 Å². The molecule has 2 saturated heterocycles. The number of amides is 1. The van der Waals surface area contributed by atoms with Crippen LogP contribution in [0, 0.1) is 5.92 Å². The Kier molecular flexibility index (Phi) is 5.89. The topological polar surface area (TPSA) is 76.2 Å². The smallest absolute Gasteiger partial charge is 0.311 e. The van der Waals surface area contributed by atoms with Crippen LogP contribution >= 0.6 is 0 Å². The molecule has 0 radical (unpaired) electrons. The lowest BCUT2D eigenvalue weighted by Crippen LogP contribution is -2.66. The molecular weight excluding hydrogens is 324 g/mol. The fourth-order valence-electron chi connectivity index (χ4n) is 3.55. The van der Waals surface area contributed by atoms with Crippen LogP contribution in [0.25, 0.3) is 0 Å². The van der Waals surface area contributed by atoms with Gasteiger partial charge in [0.1, 0.15) is 11.9 Å². The number of hydrogen-bond donors (Lipinski definition) is 0. The van der Waals surface area contributed by atoms with Gasteiger partial charge in [0.05, 0.1) is 24.6 Å². The third-order valence-corrected chi connectivity index (χ3v) is 4.94. The molecule has 2 fully saturated rings. The van der Waals surface area contributed by atoms with Gasteiger partial charge in [-0.05, 0) is 40.5 Å². The molecule has 0 N–H and O–H groups in total. The van der Waals surface area contributed by atoms with Crippen molar-refractivity contribution in [2.75, 3.05) is 33.4 Å². The van der Waals surface area contributed by atoms with Gasteiger partial charge in [-0.1, -0.05) is 0 Å². The standard InChI is InChI=1S/C18H30N2O5/c1-17(2,3)25-16(23)13-6-7-14-9-19(10-15(22)20(14)8-13)18(4,11-21)12-24-5/h11,13-14H,6-10,12H2,1-5H3. The molecule has 25 heavy (non-hydrogen) atoms. The first-order valence-electron chi connectivity index (χ1n) is 8.82. The predicted octanol–water partition coefficient (Wildman–Crippen LogP) is 0.855. The fraction of sp³-hybridized carbons (Fsp3) is 0.833. The molecule has 0 bridgehead atoms. The number of fused-ring (bicyclic) bond motifs is 1. The van der Waals surface area contributed by atoms with Crippen molar-refractivity contribution in [2.24, 2.45) is 5.92 Å². The van der Waals surface area contributed by atoms with Gasteiger partial charge in [0.2, 0.25) is 5.91 Å². The maximum absolute atomic E-state index is 12.6. The summed E-state index contributed by atoms with van der Waals surface area (Å²) in [5, 5.41) is 0. The molecule has 0 aliphatic carbocycles. The first-order valence-corrected chi connectivity index (χ1v) is 8.82. The largest absolute Gasteiger partial charge is 0.460 e. The summed E-state index contributed by atoms with van der Waals surface area (Å²) in [4.78, 5) is 40.2. The van der Waals surface area contributed by atoms with Crippen LogP contribution in [0.1, 0.15) is 40.5 Å². The summed E-state index contributed by atoms with van der Waals surface area (Å²) < 4.78 is 10.6. The second kappa shape index (κ2) is 7.41. The summed E-state index contributed by atoms with van der Waals surface area (Å²) in [6, 6.07) is 0.0241. The van der Waals surface area contributed by atoms with Crippen molar-refractivity contribution in [2.45, 2.75) is 57.7 Å². The minimum Gasteiger partial charge on any atom is -0.460 e. The summed E-state index contributed by atoms with van der Waals surface area (Å²) in [6.45, 7) is 8.75. The van der Waals surface area contributed by atoms with Crippen LogP contribution in [0.5, 0.6) is 0 Å². The molecule has 3 atom stereocenters. The van der Waals surface area contributed by atoms with Crippen molar-refractivity contribution in [3.05, 3.63) is 0 Å². The van der Waals surface area contributed by atoms with Crippen molar-refractivity contribution < 1.29 is 23.9 Å². The van der Waals surface area contributed by atoms with Crippen molar-refractivity contribution >= 4 is 18.2 Å². The average Bonchev–Trinajstić information content (AvgIpc) is 2.53. The minimum atomic E-state index is -0.807. The van der Waals surface area contributed by atoms with Gasteiger partial charge in [0, 0.05) is 26.2 Å². The molecule has 0 saturated carbocycles. The van der Waals surface area contributed by atoms with Gasteiger partial charge in [0.15, 0.2) is 0 Å². The third kappa shape index (κ3) is 4.58. The van der Waals surface area contributed by atoms with Crippen LogP contribution in [-0.2, 0) is 23.9 Å². The highest BCUT2D eigenvalue weighted by Gasteiger charge is 2.44. The molecule has 0 spiro atoms. The van der Waals surface area contributed by atoms with E-state index in [4.69, 9.17) is 9.47 Å². The third-order valence-electron chi connectivity index (χ3n) is 4.94. The Morgan fingerprint density at radius 1 is 1.24 bits per heavy atom. The lowest BCUT2D eigenvalue weighted by Gasteiger charge is -2.49. The van der Waals surface area contributed by atoms with Crippen LogP contribution in [-0.4, -0.2) is 78.5 Å². The van der Waals surface area contributed by atoms with E-state index in [1.165, 1.54) is 0 Å². The first kappa shape index (κ1) is 19.8. The van der Waals surface area contributed by atoms with Gasteiger partial charge < -0.3 is 19.2 Å². The van der Waals surface area contributed by atoms with Crippen LogP contribution in [0.3, 0.4) is 0 Å². The summed E-state index contributed by atoms with van der Waals surface area (Å²) >= 11 is 0. The number of aldehydes is 1. The fourth-order valence-corrected chi connectivity index (χ4v) is 3.55. The van der Waals surface area contributed by atoms with E-state index in [9.17, 15) is 14.4 Å². The zero-order valence-corrected chi connectivity index (χ0v) is 15.9. The van der Waals surface area contributed by atoms with Gasteiger partial charge in [-0.15, -0.1) is 0 Å². The molecule has 2 heterocycles. The SMILES string of the molecule is COCC(C)(C=O)N1CC(=O)N2CC(C(=O)OC(C)(C)C)CCC2C1. The van der Waals surface area contributed by atoms with Gasteiger partial charge >= 0.3 is 5.97 Å². The monoisotopic (exact) mass is 354 g/mol. The number of esters is 1. The lowest BCUT2D eigenvalue weighted by molar-refractivity contribution is -0.165. The number of carbonyl (C=O) groups excluding carboxylic acids is 3. The highest BCUT2D eigenvalue weighted by molar-refractivity contribution is 5.82. The Morgan fingerprint density at radius 2 is 1.92 bits per heavy atom. The molecule has 3 unspecified atom stereocenters. The highest BCUT2D eigenvalue weighted by atomic mass is 16.6. The minimum absolute atomic E-state index is 0.0241. The lowest BCUT2D eigenvalue weighted by atomic mass is 9.89. The Bertz CT molecular complexity index is 530. The number of rotatable bonds is 5. The Balaban J connectivity index is 2.04. The number of methoxy groups -OCH3 is 1. The predicted molar refractivity (Wildman–Crippen MR) is 92.0 cm³/mol. The Morgan fingerprint density at radius 3 is 2.48 bits per heavy atom. The number of carbonyl (C=O) groups is 3. The van der Waals surface area contributed by atoms with Gasteiger partial charge in [-0.2, -0.15) is 0 Å². The van der Waals surface area contributed by atoms with Crippen LogP contribution < -0.4 is 0 Å². The molecule has 1 amide bonds. The van der Waals surface area contributed by atoms with E-state index in [0.717, 1.165) is 12.7 Å². The number of ether oxygens (including phenoxy) is 2. The van der Waals surface area contributed by atoms with Gasteiger partial charge in [-0.25, -0.2) is 0 Å². The molecule has 142 valence electrons. The zero-order valence-electron chi connectivity index (χ0n) is 15.9. The first-order chi connectivity index (χ1) is 11.6. The number of hydrogen-bond acceptors (Lipinski definition) is 6. The Labute approximate surface area is 149 Å². The van der Waals surface area contributed by atoms with Crippen molar-refractivity contribution in [3.8, 4) is 0 Å². The van der Waals surface area contributed by atoms with E-state index < -0.39 is 11.1 Å². The van der Waals surface area contributed by atoms with Crippen LogP contribution in [0.2, 0.25) is 0 Å². The van der Waals surface area contributed by atoms with Crippen LogP contribution in [0.15, 0.2) is 0 Å². The maximum atomic E-state index is 12.6. The van der Waals surface area contributed by atoms with Crippen LogP contribution in [0.4, 0.5) is 0 Å². The average molecular weight is 354 g/mol. The van der Waals surface area contributed by atoms with E-state index >= 15 is 0 Å². The Hall–Kier alpha value is -1.47. The number of piperidine rings is 1. The quantitative estimate of drug-likeness (QED) is 0.538. The van der Waals surface area contributed by atoms with E-state index in [1.54, 1.807) is 18.9 Å². The molecule has 2 aliphatic heterocycles. The second-order valence-corrected chi connectivity index (χ2v) is 8.30. The summed E-state index contributed by atoms with van der Waals surface area (Å²) in [6.07, 6.45) is 2.28. The molecule has 2 aliphatic rings. The van der Waals surface area contributed by atoms with E-state index in [1.807, 2.05) is 25.7 Å². The highest BCUT2D eigenvalue weighted by Crippen LogP contribution is 2.30. The molecule has 7 heteroatoms. The van der Waals surface area contributed by atoms with Gasteiger partial charge in [0.25, 0.3) is 0 Å². The molecule has 0 aromatic carbocycles. The molecule has 7 nitrogen and oxygen atoms in total. The number of piperazine rings is 1. The van der Waals surface area contributed by atoms with Crippen molar-refractivity contribution in [3.63, 3.8) is 0 Å². The van der Waals surface area contributed by atoms with Crippen molar-refractivity contribution in [1.82, 2.24) is 9.80 Å². The van der Waals surface area contributed by atoms with Gasteiger partial charge in [-0.3, -0.25) is 14.5 Å². The number of nitrogens with zero attached hydrogens (tertiary/aromatic N) is 2. The van der Waals surface area contributed by atoms with E-state index in [-0.39, 0.29) is 37.0 Å². The second-order valence-electron chi connectivity index (χ2n) is 8.30. The summed E-state index contributed by atoms with van der Waals surface area (Å²) in [7, 11) is 1.55. The summed E-state index contributed by atoms with van der Waals surface area (Å²) in [5.74, 6) is -0.561.